The SMILES string of the molecule is CC1(C)CCCC1NC(=O)c1ccccc1Br. The minimum Gasteiger partial charge on any atom is -0.349 e. The van der Waals surface area contributed by atoms with Gasteiger partial charge < -0.3 is 5.32 Å². The van der Waals surface area contributed by atoms with Crippen LogP contribution in [0.4, 0.5) is 0 Å². The molecule has 1 aromatic rings. The molecule has 1 aromatic carbocycles. The molecule has 2 nitrogen and oxygen atoms in total. The number of halogens is 1. The number of amides is 1. The summed E-state index contributed by atoms with van der Waals surface area (Å²) in [5.41, 5.74) is 0.937. The smallest absolute Gasteiger partial charge is 0.252 e. The monoisotopic (exact) mass is 295 g/mol. The van der Waals surface area contributed by atoms with E-state index in [1.165, 1.54) is 12.8 Å². The van der Waals surface area contributed by atoms with E-state index < -0.39 is 0 Å². The van der Waals surface area contributed by atoms with Crippen LogP contribution in [-0.4, -0.2) is 11.9 Å². The van der Waals surface area contributed by atoms with Crippen molar-refractivity contribution in [2.24, 2.45) is 5.41 Å². The molecule has 1 unspecified atom stereocenters. The van der Waals surface area contributed by atoms with Crippen LogP contribution in [0.1, 0.15) is 43.5 Å². The fourth-order valence-corrected chi connectivity index (χ4v) is 2.94. The summed E-state index contributed by atoms with van der Waals surface area (Å²) in [6.45, 7) is 4.45. The molecule has 0 aliphatic heterocycles. The third-order valence-electron chi connectivity index (χ3n) is 3.68. The van der Waals surface area contributed by atoms with Crippen LogP contribution in [0.25, 0.3) is 0 Å². The Balaban J connectivity index is 2.10. The highest BCUT2D eigenvalue weighted by Gasteiger charge is 2.35. The van der Waals surface area contributed by atoms with E-state index in [-0.39, 0.29) is 11.3 Å². The van der Waals surface area contributed by atoms with Gasteiger partial charge in [-0.25, -0.2) is 0 Å². The Morgan fingerprint density at radius 3 is 2.71 bits per heavy atom. The van der Waals surface area contributed by atoms with Gasteiger partial charge in [0.2, 0.25) is 0 Å². The second kappa shape index (κ2) is 4.81. The Morgan fingerprint density at radius 2 is 2.12 bits per heavy atom. The van der Waals surface area contributed by atoms with Crippen molar-refractivity contribution in [3.63, 3.8) is 0 Å². The van der Waals surface area contributed by atoms with Gasteiger partial charge in [0.15, 0.2) is 0 Å². The number of carbonyl (C=O) groups is 1. The third kappa shape index (κ3) is 2.71. The lowest BCUT2D eigenvalue weighted by molar-refractivity contribution is 0.0909. The maximum absolute atomic E-state index is 12.2. The van der Waals surface area contributed by atoms with Crippen LogP contribution in [0.3, 0.4) is 0 Å². The fraction of sp³-hybridized carbons (Fsp3) is 0.500. The average Bonchev–Trinajstić information content (AvgIpc) is 2.59. The number of carbonyl (C=O) groups excluding carboxylic acids is 1. The highest BCUT2D eigenvalue weighted by Crippen LogP contribution is 2.37. The lowest BCUT2D eigenvalue weighted by Gasteiger charge is -2.27. The molecular formula is C14H18BrNO. The lowest BCUT2D eigenvalue weighted by atomic mass is 9.87. The molecule has 1 amide bonds. The summed E-state index contributed by atoms with van der Waals surface area (Å²) in [5, 5.41) is 3.16. The van der Waals surface area contributed by atoms with Crippen molar-refractivity contribution >= 4 is 21.8 Å². The molecule has 1 N–H and O–H groups in total. The molecule has 1 aliphatic rings. The van der Waals surface area contributed by atoms with Gasteiger partial charge in [-0.3, -0.25) is 4.79 Å². The zero-order valence-corrected chi connectivity index (χ0v) is 11.9. The first kappa shape index (κ1) is 12.6. The summed E-state index contributed by atoms with van der Waals surface area (Å²) < 4.78 is 0.855. The Hall–Kier alpha value is -0.830. The summed E-state index contributed by atoms with van der Waals surface area (Å²) in [4.78, 5) is 12.2. The van der Waals surface area contributed by atoms with Crippen LogP contribution >= 0.6 is 15.9 Å². The molecule has 3 heteroatoms. The molecule has 0 radical (unpaired) electrons. The molecule has 2 rings (SSSR count). The van der Waals surface area contributed by atoms with E-state index in [1.54, 1.807) is 0 Å². The third-order valence-corrected chi connectivity index (χ3v) is 4.37. The number of nitrogens with one attached hydrogen (secondary N) is 1. The maximum Gasteiger partial charge on any atom is 0.252 e. The van der Waals surface area contributed by atoms with Crippen LogP contribution < -0.4 is 5.32 Å². The van der Waals surface area contributed by atoms with Crippen LogP contribution in [0.2, 0.25) is 0 Å². The van der Waals surface area contributed by atoms with Crippen molar-refractivity contribution in [3.05, 3.63) is 34.3 Å². The first-order valence-electron chi connectivity index (χ1n) is 6.06. The molecule has 0 spiro atoms. The van der Waals surface area contributed by atoms with E-state index in [1.807, 2.05) is 24.3 Å². The molecule has 17 heavy (non-hydrogen) atoms. The molecule has 0 heterocycles. The zero-order valence-electron chi connectivity index (χ0n) is 10.3. The van der Waals surface area contributed by atoms with Gasteiger partial charge in [-0.15, -0.1) is 0 Å². The summed E-state index contributed by atoms with van der Waals surface area (Å²) in [6.07, 6.45) is 3.48. The molecule has 92 valence electrons. The number of benzene rings is 1. The van der Waals surface area contributed by atoms with Crippen LogP contribution in [0.5, 0.6) is 0 Å². The van der Waals surface area contributed by atoms with E-state index >= 15 is 0 Å². The van der Waals surface area contributed by atoms with E-state index in [0.717, 1.165) is 16.5 Å². The minimum absolute atomic E-state index is 0.0254. The number of hydrogen-bond donors (Lipinski definition) is 1. The minimum atomic E-state index is 0.0254. The van der Waals surface area contributed by atoms with Crippen molar-refractivity contribution in [2.75, 3.05) is 0 Å². The van der Waals surface area contributed by atoms with Crippen molar-refractivity contribution in [3.8, 4) is 0 Å². The standard InChI is InChI=1S/C14H18BrNO/c1-14(2)9-5-8-12(14)16-13(17)10-6-3-4-7-11(10)15/h3-4,6-7,12H,5,8-9H2,1-2H3,(H,16,17). The van der Waals surface area contributed by atoms with Gasteiger partial charge in [-0.2, -0.15) is 0 Å². The number of hydrogen-bond acceptors (Lipinski definition) is 1. The van der Waals surface area contributed by atoms with Gasteiger partial charge in [-0.1, -0.05) is 32.4 Å². The quantitative estimate of drug-likeness (QED) is 0.884. The summed E-state index contributed by atoms with van der Waals surface area (Å²) >= 11 is 3.41. The molecule has 1 aliphatic carbocycles. The predicted octanol–water partition coefficient (Wildman–Crippen LogP) is 3.76. The molecular weight excluding hydrogens is 278 g/mol. The van der Waals surface area contributed by atoms with Crippen LogP contribution in [0, 0.1) is 5.41 Å². The first-order chi connectivity index (χ1) is 8.00. The predicted molar refractivity (Wildman–Crippen MR) is 73.0 cm³/mol. The van der Waals surface area contributed by atoms with Crippen molar-refractivity contribution < 1.29 is 4.79 Å². The molecule has 1 atom stereocenters. The second-order valence-corrected chi connectivity index (χ2v) is 6.24. The molecule has 1 fully saturated rings. The van der Waals surface area contributed by atoms with Crippen molar-refractivity contribution in [2.45, 2.75) is 39.2 Å². The molecule has 0 aromatic heterocycles. The molecule has 0 bridgehead atoms. The van der Waals surface area contributed by atoms with E-state index in [2.05, 4.69) is 35.1 Å². The zero-order chi connectivity index (χ0) is 12.5. The summed E-state index contributed by atoms with van der Waals surface area (Å²) in [7, 11) is 0. The highest BCUT2D eigenvalue weighted by molar-refractivity contribution is 9.10. The van der Waals surface area contributed by atoms with E-state index in [0.29, 0.717) is 6.04 Å². The maximum atomic E-state index is 12.2. The van der Waals surface area contributed by atoms with Gasteiger partial charge in [0.1, 0.15) is 0 Å². The largest absolute Gasteiger partial charge is 0.349 e. The van der Waals surface area contributed by atoms with Crippen LogP contribution in [-0.2, 0) is 0 Å². The van der Waals surface area contributed by atoms with Crippen LogP contribution in [0.15, 0.2) is 28.7 Å². The summed E-state index contributed by atoms with van der Waals surface area (Å²) in [5.74, 6) is 0.0254. The molecule has 1 saturated carbocycles. The highest BCUT2D eigenvalue weighted by atomic mass is 79.9. The Labute approximate surface area is 111 Å². The van der Waals surface area contributed by atoms with Gasteiger partial charge in [-0.05, 0) is 46.3 Å². The second-order valence-electron chi connectivity index (χ2n) is 5.39. The Morgan fingerprint density at radius 1 is 1.41 bits per heavy atom. The fourth-order valence-electron chi connectivity index (χ4n) is 2.48. The Kier molecular flexibility index (Phi) is 3.57. The molecule has 0 saturated heterocycles. The van der Waals surface area contributed by atoms with Crippen molar-refractivity contribution in [1.29, 1.82) is 0 Å². The average molecular weight is 296 g/mol. The normalized spacial score (nSPS) is 22.4. The Bertz CT molecular complexity index is 428. The first-order valence-corrected chi connectivity index (χ1v) is 6.85. The van der Waals surface area contributed by atoms with Gasteiger partial charge in [0, 0.05) is 10.5 Å². The van der Waals surface area contributed by atoms with Gasteiger partial charge >= 0.3 is 0 Å². The lowest BCUT2D eigenvalue weighted by Crippen LogP contribution is -2.41. The van der Waals surface area contributed by atoms with E-state index in [9.17, 15) is 4.79 Å². The number of rotatable bonds is 2. The topological polar surface area (TPSA) is 29.1 Å². The van der Waals surface area contributed by atoms with Gasteiger partial charge in [0.05, 0.1) is 5.56 Å². The van der Waals surface area contributed by atoms with Gasteiger partial charge in [0.25, 0.3) is 5.91 Å². The summed E-state index contributed by atoms with van der Waals surface area (Å²) in [6, 6.07) is 7.85. The van der Waals surface area contributed by atoms with E-state index in [4.69, 9.17) is 0 Å². The van der Waals surface area contributed by atoms with Crippen molar-refractivity contribution in [1.82, 2.24) is 5.32 Å².